The van der Waals surface area contributed by atoms with E-state index < -0.39 is 23.4 Å². The number of carboxylic acids is 1. The zero-order chi connectivity index (χ0) is 22.8. The molecule has 0 aromatic heterocycles. The number of carbonyl (C=O) groups is 2. The van der Waals surface area contributed by atoms with Gasteiger partial charge in [0, 0.05) is 5.75 Å². The number of nitrogens with one attached hydrogen (secondary N) is 1. The number of carbonyl (C=O) groups excluding carboxylic acids is 1. The molecule has 0 radical (unpaired) electrons. The van der Waals surface area contributed by atoms with Gasteiger partial charge in [0.1, 0.15) is 18.4 Å². The van der Waals surface area contributed by atoms with Crippen LogP contribution in [0.3, 0.4) is 0 Å². The minimum Gasteiger partial charge on any atom is -0.497 e. The number of hydrogen-bond donors (Lipinski definition) is 2. The van der Waals surface area contributed by atoms with Gasteiger partial charge in [-0.05, 0) is 28.8 Å². The maximum absolute atomic E-state index is 12.4. The lowest BCUT2D eigenvalue weighted by molar-refractivity contribution is -0.139. The molecule has 3 rings (SSSR count). The number of benzene rings is 3. The lowest BCUT2D eigenvalue weighted by atomic mass is 10.1. The van der Waals surface area contributed by atoms with Gasteiger partial charge in [-0.25, -0.2) is 9.59 Å². The molecule has 2 unspecified atom stereocenters. The molecule has 0 bridgehead atoms. The molecule has 2 atom stereocenters. The molecule has 0 spiro atoms. The van der Waals surface area contributed by atoms with E-state index in [0.717, 1.165) is 22.4 Å². The number of aliphatic carboxylic acids is 1. The summed E-state index contributed by atoms with van der Waals surface area (Å²) in [6, 6.07) is 24.9. The Morgan fingerprint density at radius 3 is 2.12 bits per heavy atom. The molecule has 1 amide bonds. The van der Waals surface area contributed by atoms with Gasteiger partial charge in [0.2, 0.25) is 0 Å². The summed E-state index contributed by atoms with van der Waals surface area (Å²) in [4.78, 5) is 24.5. The molecule has 0 saturated carbocycles. The maximum Gasteiger partial charge on any atom is 0.408 e. The number of amides is 1. The minimum atomic E-state index is -1.16. The molecule has 0 fully saturated rings. The van der Waals surface area contributed by atoms with Crippen molar-refractivity contribution in [3.8, 4) is 5.75 Å². The first-order valence-electron chi connectivity index (χ1n) is 10.1. The van der Waals surface area contributed by atoms with Gasteiger partial charge in [0.15, 0.2) is 0 Å². The van der Waals surface area contributed by atoms with E-state index in [1.165, 1.54) is 11.8 Å². The Kier molecular flexibility index (Phi) is 8.57. The van der Waals surface area contributed by atoms with Crippen molar-refractivity contribution in [2.75, 3.05) is 7.11 Å². The molecule has 2 N–H and O–H groups in total. The van der Waals surface area contributed by atoms with Crippen molar-refractivity contribution in [1.82, 2.24) is 5.32 Å². The van der Waals surface area contributed by atoms with Crippen LogP contribution in [0, 0.1) is 0 Å². The fourth-order valence-corrected chi connectivity index (χ4v) is 4.39. The van der Waals surface area contributed by atoms with E-state index in [2.05, 4.69) is 5.32 Å². The summed E-state index contributed by atoms with van der Waals surface area (Å²) < 4.78 is 10.4. The van der Waals surface area contributed by atoms with Crippen LogP contribution < -0.4 is 10.1 Å². The van der Waals surface area contributed by atoms with Crippen molar-refractivity contribution in [2.45, 2.75) is 23.7 Å². The zero-order valence-corrected chi connectivity index (χ0v) is 18.5. The van der Waals surface area contributed by atoms with E-state index in [1.54, 1.807) is 7.11 Å². The van der Waals surface area contributed by atoms with Crippen molar-refractivity contribution in [2.24, 2.45) is 0 Å². The Balaban J connectivity index is 1.72. The van der Waals surface area contributed by atoms with Gasteiger partial charge in [0.25, 0.3) is 0 Å². The number of ether oxygens (including phenoxy) is 2. The van der Waals surface area contributed by atoms with Crippen LogP contribution in [-0.2, 0) is 21.9 Å². The Morgan fingerprint density at radius 2 is 1.53 bits per heavy atom. The van der Waals surface area contributed by atoms with Gasteiger partial charge in [-0.3, -0.25) is 0 Å². The summed E-state index contributed by atoms with van der Waals surface area (Å²) in [6.45, 7) is 0.0635. The molecule has 6 nitrogen and oxygen atoms in total. The van der Waals surface area contributed by atoms with Gasteiger partial charge >= 0.3 is 12.1 Å². The largest absolute Gasteiger partial charge is 0.497 e. The van der Waals surface area contributed by atoms with Gasteiger partial charge in [-0.1, -0.05) is 72.8 Å². The van der Waals surface area contributed by atoms with Gasteiger partial charge in [-0.15, -0.1) is 11.8 Å². The second-order valence-electron chi connectivity index (χ2n) is 7.01. The molecule has 0 aliphatic carbocycles. The van der Waals surface area contributed by atoms with Crippen molar-refractivity contribution in [3.63, 3.8) is 0 Å². The highest BCUT2D eigenvalue weighted by Gasteiger charge is 2.32. The first kappa shape index (κ1) is 23.2. The van der Waals surface area contributed by atoms with Gasteiger partial charge in [-0.2, -0.15) is 0 Å². The first-order valence-corrected chi connectivity index (χ1v) is 11.1. The Bertz CT molecular complexity index is 996. The Morgan fingerprint density at radius 1 is 0.906 bits per heavy atom. The van der Waals surface area contributed by atoms with Crippen molar-refractivity contribution < 1.29 is 24.2 Å². The molecule has 0 aliphatic rings. The van der Waals surface area contributed by atoms with E-state index in [4.69, 9.17) is 9.47 Å². The van der Waals surface area contributed by atoms with Gasteiger partial charge < -0.3 is 19.9 Å². The van der Waals surface area contributed by atoms with Crippen molar-refractivity contribution in [1.29, 1.82) is 0 Å². The molecule has 32 heavy (non-hydrogen) atoms. The van der Waals surface area contributed by atoms with Crippen LogP contribution in [0.2, 0.25) is 0 Å². The SMILES string of the molecule is COc1ccc(CSC(c2ccccc2)C(NC(=O)OCc2ccccc2)C(=O)O)cc1. The highest BCUT2D eigenvalue weighted by atomic mass is 32.2. The van der Waals surface area contributed by atoms with Crippen LogP contribution in [0.1, 0.15) is 21.9 Å². The van der Waals surface area contributed by atoms with E-state index in [1.807, 2.05) is 84.9 Å². The van der Waals surface area contributed by atoms with E-state index in [-0.39, 0.29) is 6.61 Å². The average Bonchev–Trinajstić information content (AvgIpc) is 2.83. The maximum atomic E-state index is 12.4. The number of rotatable bonds is 10. The molecule has 3 aromatic rings. The monoisotopic (exact) mass is 451 g/mol. The molecular weight excluding hydrogens is 426 g/mol. The molecule has 7 heteroatoms. The predicted octanol–water partition coefficient (Wildman–Crippen LogP) is 5.05. The number of carboxylic acid groups (broad SMARTS) is 1. The Labute approximate surface area is 191 Å². The average molecular weight is 452 g/mol. The van der Waals surface area contributed by atoms with Crippen LogP contribution in [-0.4, -0.2) is 30.3 Å². The third-order valence-electron chi connectivity index (χ3n) is 4.77. The normalized spacial score (nSPS) is 12.4. The standard InChI is InChI=1S/C25H25NO5S/c1-30-21-14-12-19(13-15-21)17-32-23(20-10-6-3-7-11-20)22(24(27)28)26-25(29)31-16-18-8-4-2-5-9-18/h2-15,22-23H,16-17H2,1H3,(H,26,29)(H,27,28). The van der Waals surface area contributed by atoms with E-state index in [0.29, 0.717) is 5.75 Å². The smallest absolute Gasteiger partial charge is 0.408 e. The van der Waals surface area contributed by atoms with Gasteiger partial charge in [0.05, 0.1) is 12.4 Å². The molecule has 3 aromatic carbocycles. The third-order valence-corrected chi connectivity index (χ3v) is 6.18. The highest BCUT2D eigenvalue weighted by molar-refractivity contribution is 7.98. The molecule has 0 heterocycles. The predicted molar refractivity (Wildman–Crippen MR) is 125 cm³/mol. The number of alkyl carbamates (subject to hydrolysis) is 1. The lowest BCUT2D eigenvalue weighted by Crippen LogP contribution is -2.44. The summed E-state index contributed by atoms with van der Waals surface area (Å²) in [7, 11) is 1.61. The van der Waals surface area contributed by atoms with Crippen LogP contribution in [0.15, 0.2) is 84.9 Å². The highest BCUT2D eigenvalue weighted by Crippen LogP contribution is 2.35. The summed E-state index contributed by atoms with van der Waals surface area (Å²) in [6.07, 6.45) is -0.771. The summed E-state index contributed by atoms with van der Waals surface area (Å²) in [5, 5.41) is 11.9. The number of thioether (sulfide) groups is 1. The first-order chi connectivity index (χ1) is 15.6. The second kappa shape index (κ2) is 11.8. The second-order valence-corrected chi connectivity index (χ2v) is 8.14. The molecule has 166 valence electrons. The zero-order valence-electron chi connectivity index (χ0n) is 17.6. The Hall–Kier alpha value is -3.45. The summed E-state index contributed by atoms with van der Waals surface area (Å²) >= 11 is 1.44. The van der Waals surface area contributed by atoms with E-state index in [9.17, 15) is 14.7 Å². The summed E-state index contributed by atoms with van der Waals surface area (Å²) in [5.41, 5.74) is 2.65. The molecule has 0 aliphatic heterocycles. The fourth-order valence-electron chi connectivity index (χ4n) is 3.09. The minimum absolute atomic E-state index is 0.0635. The van der Waals surface area contributed by atoms with Crippen LogP contribution in [0.4, 0.5) is 4.79 Å². The third kappa shape index (κ3) is 6.78. The fraction of sp³-hybridized carbons (Fsp3) is 0.200. The van der Waals surface area contributed by atoms with Crippen molar-refractivity contribution >= 4 is 23.8 Å². The van der Waals surface area contributed by atoms with Crippen molar-refractivity contribution in [3.05, 3.63) is 102 Å². The molecule has 0 saturated heterocycles. The van der Waals surface area contributed by atoms with Crippen LogP contribution in [0.25, 0.3) is 0 Å². The number of methoxy groups -OCH3 is 1. The topological polar surface area (TPSA) is 84.9 Å². The quantitative estimate of drug-likeness (QED) is 0.449. The summed E-state index contributed by atoms with van der Waals surface area (Å²) in [5.74, 6) is 0.191. The van der Waals surface area contributed by atoms with Crippen LogP contribution in [0.5, 0.6) is 5.75 Å². The number of hydrogen-bond acceptors (Lipinski definition) is 5. The lowest BCUT2D eigenvalue weighted by Gasteiger charge is -2.25. The molecular formula is C25H25NO5S. The van der Waals surface area contributed by atoms with Crippen LogP contribution >= 0.6 is 11.8 Å². The van der Waals surface area contributed by atoms with E-state index >= 15 is 0 Å².